The van der Waals surface area contributed by atoms with Crippen LogP contribution in [0, 0.1) is 17.0 Å². The Morgan fingerprint density at radius 1 is 1.29 bits per heavy atom. The quantitative estimate of drug-likeness (QED) is 0.393. The van der Waals surface area contributed by atoms with Gasteiger partial charge in [0.1, 0.15) is 0 Å². The van der Waals surface area contributed by atoms with Crippen LogP contribution >= 0.6 is 11.8 Å². The topological polar surface area (TPSA) is 78.4 Å². The van der Waals surface area contributed by atoms with Gasteiger partial charge in [0.2, 0.25) is 0 Å². The van der Waals surface area contributed by atoms with Crippen LogP contribution in [0.15, 0.2) is 41.3 Å². The summed E-state index contributed by atoms with van der Waals surface area (Å²) in [6.07, 6.45) is 0. The first-order valence-corrected chi connectivity index (χ1v) is 7.30. The number of anilines is 1. The Morgan fingerprint density at radius 2 is 2.05 bits per heavy atom. The maximum Gasteiger partial charge on any atom is 0.311 e. The van der Waals surface area contributed by atoms with Gasteiger partial charge in [0.25, 0.3) is 0 Å². The summed E-state index contributed by atoms with van der Waals surface area (Å²) in [6, 6.07) is 10.9. The second-order valence-corrected chi connectivity index (χ2v) is 5.61. The number of ether oxygens (including phenoxy) is 1. The summed E-state index contributed by atoms with van der Waals surface area (Å²) in [7, 11) is 1.42. The van der Waals surface area contributed by atoms with E-state index in [0.717, 1.165) is 21.7 Å². The Kier molecular flexibility index (Phi) is 4.70. The van der Waals surface area contributed by atoms with E-state index < -0.39 is 4.92 Å². The van der Waals surface area contributed by atoms with E-state index in [1.807, 2.05) is 31.2 Å². The fourth-order valence-corrected chi connectivity index (χ4v) is 2.82. The lowest BCUT2D eigenvalue weighted by molar-refractivity contribution is -0.385. The van der Waals surface area contributed by atoms with Crippen LogP contribution in [0.3, 0.4) is 0 Å². The number of nitrogens with zero attached hydrogens (tertiary/aromatic N) is 1. The van der Waals surface area contributed by atoms with Crippen LogP contribution in [0.4, 0.5) is 11.4 Å². The van der Waals surface area contributed by atoms with Gasteiger partial charge in [-0.2, -0.15) is 0 Å². The van der Waals surface area contributed by atoms with E-state index in [-0.39, 0.29) is 11.4 Å². The standard InChI is InChI=1S/C15H16N2O3S/c1-10-3-6-15(12(16)7-10)21-9-11-4-5-14(20-2)13(8-11)17(18)19/h3-8H,9,16H2,1-2H3. The first-order chi connectivity index (χ1) is 10.0. The van der Waals surface area contributed by atoms with Crippen molar-refractivity contribution in [2.75, 3.05) is 12.8 Å². The number of nitrogen functional groups attached to an aromatic ring is 1. The maximum atomic E-state index is 11.0. The Balaban J connectivity index is 2.16. The lowest BCUT2D eigenvalue weighted by Crippen LogP contribution is -1.95. The van der Waals surface area contributed by atoms with Crippen LogP contribution in [0.5, 0.6) is 5.75 Å². The van der Waals surface area contributed by atoms with Crippen LogP contribution < -0.4 is 10.5 Å². The zero-order chi connectivity index (χ0) is 15.4. The number of hydrogen-bond donors (Lipinski definition) is 1. The Labute approximate surface area is 127 Å². The van der Waals surface area contributed by atoms with Gasteiger partial charge in [0, 0.05) is 22.4 Å². The average Bonchev–Trinajstić information content (AvgIpc) is 2.46. The molecule has 0 aromatic heterocycles. The van der Waals surface area contributed by atoms with E-state index >= 15 is 0 Å². The molecule has 2 rings (SSSR count). The van der Waals surface area contributed by atoms with Gasteiger partial charge < -0.3 is 10.5 Å². The van der Waals surface area contributed by atoms with Crippen LogP contribution in [0.25, 0.3) is 0 Å². The molecule has 0 unspecified atom stereocenters. The molecule has 2 aromatic rings. The monoisotopic (exact) mass is 304 g/mol. The van der Waals surface area contributed by atoms with Crippen molar-refractivity contribution in [3.05, 3.63) is 57.6 Å². The van der Waals surface area contributed by atoms with Crippen molar-refractivity contribution in [3.63, 3.8) is 0 Å². The molecule has 110 valence electrons. The largest absolute Gasteiger partial charge is 0.490 e. The molecule has 0 aliphatic rings. The van der Waals surface area contributed by atoms with Crippen molar-refractivity contribution >= 4 is 23.1 Å². The van der Waals surface area contributed by atoms with Gasteiger partial charge >= 0.3 is 5.69 Å². The van der Waals surface area contributed by atoms with Crippen LogP contribution in [0.2, 0.25) is 0 Å². The smallest absolute Gasteiger partial charge is 0.311 e. The summed E-state index contributed by atoms with van der Waals surface area (Å²) in [5.74, 6) is 0.876. The Morgan fingerprint density at radius 3 is 2.67 bits per heavy atom. The molecule has 2 N–H and O–H groups in total. The molecule has 0 saturated carbocycles. The molecule has 0 aliphatic heterocycles. The van der Waals surface area contributed by atoms with E-state index in [0.29, 0.717) is 5.75 Å². The summed E-state index contributed by atoms with van der Waals surface area (Å²) >= 11 is 1.55. The van der Waals surface area contributed by atoms with Crippen molar-refractivity contribution in [2.24, 2.45) is 0 Å². The number of nitro groups is 1. The third-order valence-electron chi connectivity index (χ3n) is 3.00. The molecule has 2 aromatic carbocycles. The van der Waals surface area contributed by atoms with Crippen LogP contribution in [-0.2, 0) is 5.75 Å². The maximum absolute atomic E-state index is 11.0. The summed E-state index contributed by atoms with van der Waals surface area (Å²) in [4.78, 5) is 11.5. The van der Waals surface area contributed by atoms with Gasteiger partial charge in [-0.1, -0.05) is 12.1 Å². The number of nitrogens with two attached hydrogens (primary N) is 1. The number of hydrogen-bond acceptors (Lipinski definition) is 5. The van der Waals surface area contributed by atoms with Gasteiger partial charge in [0.05, 0.1) is 12.0 Å². The van der Waals surface area contributed by atoms with Gasteiger partial charge in [-0.3, -0.25) is 10.1 Å². The van der Waals surface area contributed by atoms with E-state index in [9.17, 15) is 10.1 Å². The molecule has 0 amide bonds. The molecular weight excluding hydrogens is 288 g/mol. The van der Waals surface area contributed by atoms with E-state index in [1.165, 1.54) is 13.2 Å². The summed E-state index contributed by atoms with van der Waals surface area (Å²) in [5.41, 5.74) is 8.63. The zero-order valence-electron chi connectivity index (χ0n) is 11.8. The highest BCUT2D eigenvalue weighted by Gasteiger charge is 2.15. The molecule has 0 heterocycles. The van der Waals surface area contributed by atoms with Crippen molar-refractivity contribution in [1.29, 1.82) is 0 Å². The number of nitro benzene ring substituents is 1. The summed E-state index contributed by atoms with van der Waals surface area (Å²) < 4.78 is 4.99. The number of methoxy groups -OCH3 is 1. The average molecular weight is 304 g/mol. The lowest BCUT2D eigenvalue weighted by atomic mass is 10.2. The van der Waals surface area contributed by atoms with E-state index in [1.54, 1.807) is 17.8 Å². The second kappa shape index (κ2) is 6.49. The van der Waals surface area contributed by atoms with Crippen molar-refractivity contribution in [1.82, 2.24) is 0 Å². The first kappa shape index (κ1) is 15.2. The number of rotatable bonds is 5. The normalized spacial score (nSPS) is 10.4. The Hall–Kier alpha value is -2.21. The lowest BCUT2D eigenvalue weighted by Gasteiger charge is -2.07. The number of aryl methyl sites for hydroxylation is 1. The van der Waals surface area contributed by atoms with Crippen molar-refractivity contribution < 1.29 is 9.66 Å². The number of benzene rings is 2. The fraction of sp³-hybridized carbons (Fsp3) is 0.200. The highest BCUT2D eigenvalue weighted by Crippen LogP contribution is 2.32. The molecule has 6 heteroatoms. The van der Waals surface area contributed by atoms with Gasteiger partial charge in [-0.15, -0.1) is 11.8 Å². The third-order valence-corrected chi connectivity index (χ3v) is 4.16. The van der Waals surface area contributed by atoms with E-state index in [2.05, 4.69) is 0 Å². The zero-order valence-corrected chi connectivity index (χ0v) is 12.6. The highest BCUT2D eigenvalue weighted by molar-refractivity contribution is 7.98. The fourth-order valence-electron chi connectivity index (χ4n) is 1.93. The molecule has 0 radical (unpaired) electrons. The van der Waals surface area contributed by atoms with Gasteiger partial charge in [-0.25, -0.2) is 0 Å². The summed E-state index contributed by atoms with van der Waals surface area (Å²) in [6.45, 7) is 1.98. The third kappa shape index (κ3) is 3.66. The minimum atomic E-state index is -0.437. The molecule has 0 atom stereocenters. The van der Waals surface area contributed by atoms with E-state index in [4.69, 9.17) is 10.5 Å². The summed E-state index contributed by atoms with van der Waals surface area (Å²) in [5, 5.41) is 11.0. The molecule has 0 aliphatic carbocycles. The molecule has 0 bridgehead atoms. The van der Waals surface area contributed by atoms with Crippen LogP contribution in [-0.4, -0.2) is 12.0 Å². The van der Waals surface area contributed by atoms with Crippen molar-refractivity contribution in [3.8, 4) is 5.75 Å². The van der Waals surface area contributed by atoms with Gasteiger partial charge in [0.15, 0.2) is 5.75 Å². The predicted octanol–water partition coefficient (Wildman–Crippen LogP) is 3.79. The molecule has 0 fully saturated rings. The van der Waals surface area contributed by atoms with Crippen LogP contribution in [0.1, 0.15) is 11.1 Å². The highest BCUT2D eigenvalue weighted by atomic mass is 32.2. The van der Waals surface area contributed by atoms with Gasteiger partial charge in [-0.05, 0) is 36.2 Å². The molecule has 0 spiro atoms. The second-order valence-electron chi connectivity index (χ2n) is 4.59. The first-order valence-electron chi connectivity index (χ1n) is 6.31. The minimum absolute atomic E-state index is 0.0209. The molecular formula is C15H16N2O3S. The molecule has 5 nitrogen and oxygen atoms in total. The predicted molar refractivity (Wildman–Crippen MR) is 84.8 cm³/mol. The van der Waals surface area contributed by atoms with Crippen molar-refractivity contribution in [2.45, 2.75) is 17.6 Å². The SMILES string of the molecule is COc1ccc(CSc2ccc(C)cc2N)cc1[N+](=O)[O-]. The number of thioether (sulfide) groups is 1. The Bertz CT molecular complexity index is 674. The minimum Gasteiger partial charge on any atom is -0.490 e. The molecule has 0 saturated heterocycles. The molecule has 21 heavy (non-hydrogen) atoms.